The predicted octanol–water partition coefficient (Wildman–Crippen LogP) is 1.28. The van der Waals surface area contributed by atoms with E-state index in [4.69, 9.17) is 4.74 Å². The highest BCUT2D eigenvalue weighted by Gasteiger charge is 2.30. The van der Waals surface area contributed by atoms with E-state index in [0.29, 0.717) is 0 Å². The molecule has 25 heavy (non-hydrogen) atoms. The van der Waals surface area contributed by atoms with Crippen molar-refractivity contribution in [3.63, 3.8) is 0 Å². The summed E-state index contributed by atoms with van der Waals surface area (Å²) < 4.78 is 9.66. The van der Waals surface area contributed by atoms with Crippen LogP contribution in [0.15, 0.2) is 30.3 Å². The third-order valence-corrected chi connectivity index (χ3v) is 3.34. The van der Waals surface area contributed by atoms with Crippen LogP contribution in [-0.4, -0.2) is 44.1 Å². The highest BCUT2D eigenvalue weighted by molar-refractivity contribution is 5.92. The molecule has 0 heterocycles. The van der Waals surface area contributed by atoms with Gasteiger partial charge in [-0.05, 0) is 37.6 Å². The molecule has 1 rings (SSSR count). The highest BCUT2D eigenvalue weighted by atomic mass is 16.5. The first-order chi connectivity index (χ1) is 11.8. The monoisotopic (exact) mass is 348 g/mol. The third kappa shape index (κ3) is 7.07. The zero-order chi connectivity index (χ0) is 18.9. The summed E-state index contributed by atoms with van der Waals surface area (Å²) in [5, 5.41) is 5.16. The van der Waals surface area contributed by atoms with Crippen LogP contribution in [0.25, 0.3) is 6.08 Å². The maximum atomic E-state index is 11.8. The number of ether oxygens (including phenoxy) is 2. The fraction of sp³-hybridized carbons (Fsp3) is 0.389. The first kappa shape index (κ1) is 20.2. The first-order valence-electron chi connectivity index (χ1n) is 7.78. The molecule has 7 heteroatoms. The summed E-state index contributed by atoms with van der Waals surface area (Å²) in [7, 11) is 2.84. The van der Waals surface area contributed by atoms with Crippen molar-refractivity contribution in [1.82, 2.24) is 10.6 Å². The Balaban J connectivity index is 2.37. The molecule has 0 fully saturated rings. The van der Waals surface area contributed by atoms with Crippen LogP contribution in [0.2, 0.25) is 0 Å². The Kier molecular flexibility index (Phi) is 7.65. The van der Waals surface area contributed by atoms with E-state index >= 15 is 0 Å². The number of methoxy groups -OCH3 is 2. The highest BCUT2D eigenvalue weighted by Crippen LogP contribution is 2.12. The topological polar surface area (TPSA) is 93.7 Å². The van der Waals surface area contributed by atoms with Crippen LogP contribution in [0.3, 0.4) is 0 Å². The minimum absolute atomic E-state index is 0.0581. The summed E-state index contributed by atoms with van der Waals surface area (Å²) in [6, 6.07) is 7.24. The van der Waals surface area contributed by atoms with Crippen molar-refractivity contribution in [3.05, 3.63) is 35.9 Å². The van der Waals surface area contributed by atoms with Gasteiger partial charge in [0.1, 0.15) is 11.3 Å². The van der Waals surface area contributed by atoms with Gasteiger partial charge in [-0.15, -0.1) is 0 Å². The van der Waals surface area contributed by atoms with Crippen molar-refractivity contribution in [2.75, 3.05) is 20.8 Å². The van der Waals surface area contributed by atoms with Gasteiger partial charge in [-0.2, -0.15) is 0 Å². The number of carbonyl (C=O) groups excluding carboxylic acids is 3. The van der Waals surface area contributed by atoms with Gasteiger partial charge >= 0.3 is 5.97 Å². The molecule has 2 amide bonds. The molecule has 0 aromatic heterocycles. The lowest BCUT2D eigenvalue weighted by atomic mass is 10.1. The van der Waals surface area contributed by atoms with Gasteiger partial charge in [-0.3, -0.25) is 9.59 Å². The smallest absolute Gasteiger partial charge is 0.330 e. The molecule has 0 saturated carbocycles. The number of amides is 2. The fourth-order valence-electron chi connectivity index (χ4n) is 1.96. The third-order valence-electron chi connectivity index (χ3n) is 3.34. The van der Waals surface area contributed by atoms with Crippen LogP contribution in [0, 0.1) is 0 Å². The Morgan fingerprint density at radius 2 is 1.76 bits per heavy atom. The van der Waals surface area contributed by atoms with E-state index in [1.807, 2.05) is 12.1 Å². The Labute approximate surface area is 147 Å². The van der Waals surface area contributed by atoms with Crippen molar-refractivity contribution in [2.45, 2.75) is 25.8 Å². The van der Waals surface area contributed by atoms with Crippen molar-refractivity contribution >= 4 is 23.9 Å². The van der Waals surface area contributed by atoms with E-state index in [2.05, 4.69) is 15.4 Å². The van der Waals surface area contributed by atoms with Gasteiger partial charge < -0.3 is 20.1 Å². The van der Waals surface area contributed by atoms with Crippen LogP contribution in [0.4, 0.5) is 0 Å². The molecule has 2 N–H and O–H groups in total. The summed E-state index contributed by atoms with van der Waals surface area (Å²) in [5.74, 6) is -0.458. The van der Waals surface area contributed by atoms with E-state index in [9.17, 15) is 14.4 Å². The average molecular weight is 348 g/mol. The summed E-state index contributed by atoms with van der Waals surface area (Å²) in [6.07, 6.45) is 3.11. The minimum Gasteiger partial charge on any atom is -0.497 e. The van der Waals surface area contributed by atoms with Gasteiger partial charge in [0.2, 0.25) is 11.8 Å². The number of carbonyl (C=O) groups is 3. The van der Waals surface area contributed by atoms with Crippen LogP contribution in [-0.2, 0) is 19.1 Å². The van der Waals surface area contributed by atoms with Gasteiger partial charge in [0.05, 0.1) is 14.2 Å². The Bertz CT molecular complexity index is 635. The lowest BCUT2D eigenvalue weighted by Crippen LogP contribution is -2.50. The Morgan fingerprint density at radius 3 is 2.32 bits per heavy atom. The predicted molar refractivity (Wildman–Crippen MR) is 93.9 cm³/mol. The molecule has 1 aromatic rings. The van der Waals surface area contributed by atoms with Crippen LogP contribution in [0.5, 0.6) is 5.75 Å². The molecule has 0 bridgehead atoms. The number of benzene rings is 1. The largest absolute Gasteiger partial charge is 0.497 e. The number of hydrogen-bond donors (Lipinski definition) is 2. The summed E-state index contributed by atoms with van der Waals surface area (Å²) in [5.41, 5.74) is -0.252. The van der Waals surface area contributed by atoms with Crippen molar-refractivity contribution in [3.8, 4) is 5.75 Å². The van der Waals surface area contributed by atoms with Gasteiger partial charge in [0.15, 0.2) is 0 Å². The van der Waals surface area contributed by atoms with E-state index in [-0.39, 0.29) is 24.8 Å². The van der Waals surface area contributed by atoms with Gasteiger partial charge in [0, 0.05) is 19.0 Å². The Hall–Kier alpha value is -2.83. The van der Waals surface area contributed by atoms with E-state index < -0.39 is 11.5 Å². The SMILES string of the molecule is COC(=O)C(C)(C)NC(=O)CCNC(=O)C=Cc1ccc(OC)cc1. The molecule has 0 aliphatic heterocycles. The molecule has 0 unspecified atom stereocenters. The lowest BCUT2D eigenvalue weighted by molar-refractivity contribution is -0.149. The summed E-state index contributed by atoms with van der Waals surface area (Å²) >= 11 is 0. The molecule has 0 radical (unpaired) electrons. The van der Waals surface area contributed by atoms with Gasteiger partial charge in [-0.1, -0.05) is 12.1 Å². The van der Waals surface area contributed by atoms with Gasteiger partial charge in [-0.25, -0.2) is 4.79 Å². The maximum Gasteiger partial charge on any atom is 0.330 e. The molecule has 7 nitrogen and oxygen atoms in total. The minimum atomic E-state index is -1.11. The maximum absolute atomic E-state index is 11.8. The fourth-order valence-corrected chi connectivity index (χ4v) is 1.96. The molecular formula is C18H24N2O5. The Morgan fingerprint density at radius 1 is 1.12 bits per heavy atom. The average Bonchev–Trinajstić information content (AvgIpc) is 2.59. The van der Waals surface area contributed by atoms with Crippen molar-refractivity contribution < 1.29 is 23.9 Å². The molecule has 0 aliphatic carbocycles. The second-order valence-corrected chi connectivity index (χ2v) is 5.81. The quantitative estimate of drug-likeness (QED) is 0.545. The van der Waals surface area contributed by atoms with Gasteiger partial charge in [0.25, 0.3) is 0 Å². The first-order valence-corrected chi connectivity index (χ1v) is 7.78. The van der Waals surface area contributed by atoms with Crippen LogP contribution in [0.1, 0.15) is 25.8 Å². The second-order valence-electron chi connectivity index (χ2n) is 5.81. The standard InChI is InChI=1S/C18H24N2O5/c1-18(2,17(23)25-4)20-16(22)11-12-19-15(21)10-7-13-5-8-14(24-3)9-6-13/h5-10H,11-12H2,1-4H3,(H,19,21)(H,20,22). The molecule has 0 aliphatic rings. The number of hydrogen-bond acceptors (Lipinski definition) is 5. The number of rotatable bonds is 8. The molecule has 0 saturated heterocycles. The normalized spacial score (nSPS) is 11.0. The number of nitrogens with one attached hydrogen (secondary N) is 2. The van der Waals surface area contributed by atoms with Crippen molar-refractivity contribution in [2.24, 2.45) is 0 Å². The molecule has 136 valence electrons. The zero-order valence-electron chi connectivity index (χ0n) is 14.9. The molecule has 1 aromatic carbocycles. The van der Waals surface area contributed by atoms with Crippen LogP contribution >= 0.6 is 0 Å². The van der Waals surface area contributed by atoms with E-state index in [1.54, 1.807) is 39.2 Å². The van der Waals surface area contributed by atoms with E-state index in [0.717, 1.165) is 11.3 Å². The zero-order valence-corrected chi connectivity index (χ0v) is 14.9. The molecule has 0 spiro atoms. The second kappa shape index (κ2) is 9.46. The number of esters is 1. The lowest BCUT2D eigenvalue weighted by Gasteiger charge is -2.23. The molecular weight excluding hydrogens is 324 g/mol. The summed E-state index contributed by atoms with van der Waals surface area (Å²) in [6.45, 7) is 3.26. The summed E-state index contributed by atoms with van der Waals surface area (Å²) in [4.78, 5) is 35.0. The van der Waals surface area contributed by atoms with E-state index in [1.165, 1.54) is 13.2 Å². The molecule has 0 atom stereocenters. The van der Waals surface area contributed by atoms with Crippen LogP contribution < -0.4 is 15.4 Å². The van der Waals surface area contributed by atoms with Crippen molar-refractivity contribution in [1.29, 1.82) is 0 Å².